The first-order valence-electron chi connectivity index (χ1n) is 21.7. The van der Waals surface area contributed by atoms with Gasteiger partial charge in [0, 0.05) is 70.0 Å². The van der Waals surface area contributed by atoms with Crippen molar-refractivity contribution in [2.24, 2.45) is 11.5 Å². The molecule has 1 fully saturated rings. The fraction of sp³-hybridized carbons (Fsp3) is 0.386. The largest absolute Gasteiger partial charge is 0.494 e. The maximum Gasteiger partial charge on any atom is 0.471 e. The molecule has 7 rings (SSSR count). The molecule has 1 aliphatic rings. The first-order valence-corrected chi connectivity index (χ1v) is 21.7. The number of primary amides is 2. The van der Waals surface area contributed by atoms with Gasteiger partial charge in [0.2, 0.25) is 23.7 Å². The van der Waals surface area contributed by atoms with Crippen molar-refractivity contribution in [1.29, 1.82) is 0 Å². The fourth-order valence-corrected chi connectivity index (χ4v) is 8.01. The van der Waals surface area contributed by atoms with Crippen molar-refractivity contribution in [3.05, 3.63) is 82.5 Å². The van der Waals surface area contributed by atoms with Crippen molar-refractivity contribution in [2.75, 3.05) is 57.1 Å². The molecule has 4 aromatic heterocycles. The van der Waals surface area contributed by atoms with E-state index in [-0.39, 0.29) is 91.6 Å². The van der Waals surface area contributed by atoms with Crippen molar-refractivity contribution in [3.63, 3.8) is 0 Å². The van der Waals surface area contributed by atoms with Gasteiger partial charge in [0.1, 0.15) is 33.9 Å². The zero-order chi connectivity index (χ0) is 49.0. The summed E-state index contributed by atoms with van der Waals surface area (Å²) in [4.78, 5) is 76.2. The number of allylic oxidation sites excluding steroid dienone is 2. The Balaban J connectivity index is 1.21. The standard InChI is InChI=1S/C44H51F3N14O7/c1-6-60-31(19-25(3)54-60)39(64)52-42-50-29-21-27(37(48)62)23-33(67-5)35(29)58(42)12-8-9-13-59-36-30(51-43(59)53-40(65)32-20-26(4)55-61(32)7-2)22-28(38(49)63)24-34(36)68-18-10-11-56-14-16-57(17-15-56)41(66)44(45,46)47/h8-9,19-24H,6-7,10-18H2,1-5H3,(H2,48,62)(H2,49,63)(H,50,52,64)(H,51,53,65)/b9-8+. The van der Waals surface area contributed by atoms with Crippen molar-refractivity contribution >= 4 is 63.5 Å². The molecule has 0 spiro atoms. The molecule has 0 aliphatic carbocycles. The summed E-state index contributed by atoms with van der Waals surface area (Å²) in [7, 11) is 1.43. The zero-order valence-corrected chi connectivity index (χ0v) is 38.0. The highest BCUT2D eigenvalue weighted by molar-refractivity contribution is 6.05. The Hall–Kier alpha value is -7.76. The summed E-state index contributed by atoms with van der Waals surface area (Å²) in [5, 5.41) is 14.6. The van der Waals surface area contributed by atoms with Crippen LogP contribution in [0.3, 0.4) is 0 Å². The molecule has 5 heterocycles. The van der Waals surface area contributed by atoms with Crippen LogP contribution in [-0.2, 0) is 31.0 Å². The minimum absolute atomic E-state index is 0.0671. The maximum absolute atomic E-state index is 13.8. The molecule has 0 saturated carbocycles. The number of aryl methyl sites for hydroxylation is 4. The summed E-state index contributed by atoms with van der Waals surface area (Å²) in [6, 6.07) is 9.23. The van der Waals surface area contributed by atoms with Gasteiger partial charge in [-0.05, 0) is 70.5 Å². The molecule has 0 unspecified atom stereocenters. The van der Waals surface area contributed by atoms with Gasteiger partial charge in [-0.25, -0.2) is 9.97 Å². The predicted octanol–water partition coefficient (Wildman–Crippen LogP) is 3.88. The Labute approximate surface area is 386 Å². The molecule has 24 heteroatoms. The van der Waals surface area contributed by atoms with E-state index in [2.05, 4.69) is 25.8 Å². The van der Waals surface area contributed by atoms with E-state index in [1.54, 1.807) is 56.6 Å². The van der Waals surface area contributed by atoms with E-state index < -0.39 is 35.7 Å². The van der Waals surface area contributed by atoms with Crippen molar-refractivity contribution in [3.8, 4) is 11.5 Å². The van der Waals surface area contributed by atoms with Crippen LogP contribution in [0.4, 0.5) is 25.1 Å². The fourth-order valence-electron chi connectivity index (χ4n) is 8.01. The lowest BCUT2D eigenvalue weighted by Gasteiger charge is -2.34. The molecule has 1 saturated heterocycles. The summed E-state index contributed by atoms with van der Waals surface area (Å²) in [5.41, 5.74) is 14.9. The van der Waals surface area contributed by atoms with Crippen molar-refractivity contribution in [1.82, 2.24) is 48.5 Å². The number of nitrogens with one attached hydrogen (secondary N) is 2. The number of carbonyl (C=O) groups is 5. The van der Waals surface area contributed by atoms with Gasteiger partial charge in [-0.15, -0.1) is 0 Å². The number of methoxy groups -OCH3 is 1. The number of nitrogens with zero attached hydrogens (tertiary/aromatic N) is 10. The average molecular weight is 945 g/mol. The highest BCUT2D eigenvalue weighted by atomic mass is 19.4. The third-order valence-electron chi connectivity index (χ3n) is 11.2. The Kier molecular flexibility index (Phi) is 14.2. The third kappa shape index (κ3) is 10.3. The molecule has 1 aliphatic heterocycles. The Bertz CT molecular complexity index is 2940. The molecule has 6 aromatic rings. The Morgan fingerprint density at radius 1 is 0.721 bits per heavy atom. The van der Waals surface area contributed by atoms with Gasteiger partial charge in [0.05, 0.1) is 36.1 Å². The van der Waals surface area contributed by atoms with Crippen molar-refractivity contribution in [2.45, 2.75) is 66.5 Å². The van der Waals surface area contributed by atoms with E-state index in [9.17, 15) is 37.1 Å². The van der Waals surface area contributed by atoms with Gasteiger partial charge in [0.15, 0.2) is 0 Å². The number of piperazine rings is 1. The number of hydrogen-bond donors (Lipinski definition) is 4. The van der Waals surface area contributed by atoms with E-state index in [0.29, 0.717) is 59.7 Å². The summed E-state index contributed by atoms with van der Waals surface area (Å²) < 4.78 is 57.4. The minimum Gasteiger partial charge on any atom is -0.494 e. The van der Waals surface area contributed by atoms with Gasteiger partial charge in [0.25, 0.3) is 11.8 Å². The molecule has 0 radical (unpaired) electrons. The van der Waals surface area contributed by atoms with E-state index in [4.69, 9.17) is 25.9 Å². The van der Waals surface area contributed by atoms with Crippen LogP contribution in [0.2, 0.25) is 0 Å². The van der Waals surface area contributed by atoms with E-state index in [1.165, 1.54) is 31.4 Å². The SMILES string of the molecule is CCn1nc(C)cc1C(=O)Nc1nc2cc(C(N)=O)cc(OC)c2n1C/C=C/Cn1c(NC(=O)c2cc(C)nn2CC)nc2cc(C(N)=O)cc(OCCCN3CCN(C(=O)C(F)(F)F)CC3)c21. The Morgan fingerprint density at radius 2 is 1.19 bits per heavy atom. The lowest BCUT2D eigenvalue weighted by molar-refractivity contribution is -0.187. The van der Waals surface area contributed by atoms with Gasteiger partial charge in [-0.3, -0.25) is 48.9 Å². The topological polar surface area (TPSA) is 258 Å². The smallest absolute Gasteiger partial charge is 0.471 e. The monoisotopic (exact) mass is 944 g/mol. The summed E-state index contributed by atoms with van der Waals surface area (Å²) in [6.45, 7) is 9.18. The summed E-state index contributed by atoms with van der Waals surface area (Å²) in [6.07, 6.45) is -0.946. The molecule has 360 valence electrons. The molecule has 21 nitrogen and oxygen atoms in total. The third-order valence-corrected chi connectivity index (χ3v) is 11.2. The number of imidazole rings is 2. The van der Waals surface area contributed by atoms with Gasteiger partial charge < -0.3 is 35.0 Å². The average Bonchev–Trinajstić information content (AvgIpc) is 4.07. The van der Waals surface area contributed by atoms with Crippen LogP contribution in [0, 0.1) is 13.8 Å². The van der Waals surface area contributed by atoms with Gasteiger partial charge in [-0.1, -0.05) is 12.2 Å². The number of amides is 5. The van der Waals surface area contributed by atoms with Crippen LogP contribution in [0.5, 0.6) is 11.5 Å². The highest BCUT2D eigenvalue weighted by Gasteiger charge is 2.43. The second-order valence-electron chi connectivity index (χ2n) is 15.9. The van der Waals surface area contributed by atoms with Crippen LogP contribution in [0.25, 0.3) is 22.1 Å². The zero-order valence-electron chi connectivity index (χ0n) is 38.0. The van der Waals surface area contributed by atoms with Gasteiger partial charge in [-0.2, -0.15) is 23.4 Å². The van der Waals surface area contributed by atoms with Crippen LogP contribution in [0.15, 0.2) is 48.6 Å². The number of aromatic nitrogens is 8. The lowest BCUT2D eigenvalue weighted by Crippen LogP contribution is -2.52. The van der Waals surface area contributed by atoms with Crippen LogP contribution < -0.4 is 31.6 Å². The second kappa shape index (κ2) is 20.0. The molecule has 0 bridgehead atoms. The van der Waals surface area contributed by atoms with E-state index in [0.717, 1.165) is 4.90 Å². The molecule has 6 N–H and O–H groups in total. The number of halogens is 3. The first-order chi connectivity index (χ1) is 32.4. The van der Waals surface area contributed by atoms with E-state index in [1.807, 2.05) is 18.7 Å². The minimum atomic E-state index is -4.94. The number of anilines is 2. The van der Waals surface area contributed by atoms with Crippen LogP contribution >= 0.6 is 0 Å². The summed E-state index contributed by atoms with van der Waals surface area (Å²) >= 11 is 0. The number of benzene rings is 2. The number of hydrogen-bond acceptors (Lipinski definition) is 12. The maximum atomic E-state index is 13.8. The van der Waals surface area contributed by atoms with Crippen LogP contribution in [0.1, 0.15) is 73.3 Å². The van der Waals surface area contributed by atoms with Gasteiger partial charge >= 0.3 is 12.1 Å². The molecule has 2 aromatic carbocycles. The Morgan fingerprint density at radius 3 is 1.63 bits per heavy atom. The number of fused-ring (bicyclic) bond motifs is 2. The molecule has 68 heavy (non-hydrogen) atoms. The van der Waals surface area contributed by atoms with E-state index >= 15 is 0 Å². The van der Waals surface area contributed by atoms with Crippen molar-refractivity contribution < 1.29 is 46.6 Å². The van der Waals surface area contributed by atoms with Crippen LogP contribution in [-0.4, -0.2) is 131 Å². The number of alkyl halides is 3. The number of nitrogens with two attached hydrogens (primary N) is 2. The summed E-state index contributed by atoms with van der Waals surface area (Å²) in [5.74, 6) is -3.59. The first kappa shape index (κ1) is 48.2. The quantitative estimate of drug-likeness (QED) is 0.0708. The predicted molar refractivity (Wildman–Crippen MR) is 243 cm³/mol. The normalized spacial score (nSPS) is 13.4. The molecular weight excluding hydrogens is 894 g/mol. The number of ether oxygens (including phenoxy) is 2. The number of rotatable bonds is 18. The lowest BCUT2D eigenvalue weighted by atomic mass is 10.1. The second-order valence-corrected chi connectivity index (χ2v) is 15.9. The highest BCUT2D eigenvalue weighted by Crippen LogP contribution is 2.33. The molecular formula is C44H51F3N14O7. The number of carbonyl (C=O) groups excluding carboxylic acids is 5. The molecule has 5 amide bonds. The molecule has 0 atom stereocenters.